The van der Waals surface area contributed by atoms with Crippen LogP contribution in [0.4, 0.5) is 0 Å². The summed E-state index contributed by atoms with van der Waals surface area (Å²) in [5.74, 6) is -0.288. The van der Waals surface area contributed by atoms with E-state index in [9.17, 15) is 35.7 Å². The summed E-state index contributed by atoms with van der Waals surface area (Å²) < 4.78 is 5.52. The first-order chi connectivity index (χ1) is 15.6. The second kappa shape index (κ2) is 9.15. The molecule has 2 unspecified atom stereocenters. The lowest BCUT2D eigenvalue weighted by Crippen LogP contribution is -2.67. The molecule has 2 aromatic rings. The number of aliphatic hydroxyl groups is 7. The molecule has 178 valence electrons. The molecule has 7 N–H and O–H groups in total. The largest absolute Gasteiger partial charge is 0.512 e. The van der Waals surface area contributed by atoms with Crippen molar-refractivity contribution in [1.82, 2.24) is 0 Å². The molecule has 1 heterocycles. The van der Waals surface area contributed by atoms with Crippen LogP contribution in [0.25, 0.3) is 11.1 Å². The molecule has 0 saturated carbocycles. The monoisotopic (exact) mass is 458 g/mol. The molecular formula is C25H30O8. The van der Waals surface area contributed by atoms with E-state index in [2.05, 4.69) is 0 Å². The Balaban J connectivity index is 1.55. The molecule has 1 fully saturated rings. The van der Waals surface area contributed by atoms with Crippen LogP contribution in [0.3, 0.4) is 0 Å². The molecular weight excluding hydrogens is 428 g/mol. The summed E-state index contributed by atoms with van der Waals surface area (Å²) in [6.07, 6.45) is -6.86. The molecule has 0 bridgehead atoms. The minimum Gasteiger partial charge on any atom is -0.512 e. The third-order valence-electron chi connectivity index (χ3n) is 6.53. The highest BCUT2D eigenvalue weighted by atomic mass is 16.6. The van der Waals surface area contributed by atoms with Gasteiger partial charge in [0.2, 0.25) is 0 Å². The van der Waals surface area contributed by atoms with Gasteiger partial charge in [-0.3, -0.25) is 0 Å². The summed E-state index contributed by atoms with van der Waals surface area (Å²) in [4.78, 5) is 0. The van der Waals surface area contributed by atoms with Crippen molar-refractivity contribution in [2.75, 3.05) is 6.61 Å². The Morgan fingerprint density at radius 2 is 1.48 bits per heavy atom. The van der Waals surface area contributed by atoms with Crippen molar-refractivity contribution < 1.29 is 40.5 Å². The van der Waals surface area contributed by atoms with Crippen molar-refractivity contribution in [2.45, 2.75) is 61.0 Å². The van der Waals surface area contributed by atoms with Crippen LogP contribution in [-0.4, -0.2) is 84.1 Å². The molecule has 2 aliphatic rings. The van der Waals surface area contributed by atoms with Crippen LogP contribution < -0.4 is 0 Å². The Bertz CT molecular complexity index is 976. The molecule has 1 aliphatic heterocycles. The van der Waals surface area contributed by atoms with Crippen molar-refractivity contribution in [1.29, 1.82) is 0 Å². The van der Waals surface area contributed by atoms with Gasteiger partial charge in [0.1, 0.15) is 36.1 Å². The predicted octanol–water partition coefficient (Wildman–Crippen LogP) is 0.436. The van der Waals surface area contributed by atoms with E-state index in [0.29, 0.717) is 0 Å². The molecule has 7 atom stereocenters. The van der Waals surface area contributed by atoms with E-state index in [1.165, 1.54) is 6.08 Å². The number of ether oxygens (including phenoxy) is 1. The van der Waals surface area contributed by atoms with Crippen LogP contribution >= 0.6 is 0 Å². The first-order valence-electron chi connectivity index (χ1n) is 10.9. The van der Waals surface area contributed by atoms with Gasteiger partial charge in [-0.2, -0.15) is 0 Å². The van der Waals surface area contributed by atoms with Crippen molar-refractivity contribution in [3.05, 3.63) is 72.0 Å². The van der Waals surface area contributed by atoms with Crippen molar-refractivity contribution >= 4 is 0 Å². The number of hydrogen-bond donors (Lipinski definition) is 7. The van der Waals surface area contributed by atoms with Gasteiger partial charge in [0.25, 0.3) is 0 Å². The highest BCUT2D eigenvalue weighted by molar-refractivity contribution is 5.63. The average molecular weight is 459 g/mol. The lowest BCUT2D eigenvalue weighted by atomic mass is 9.71. The molecule has 0 radical (unpaired) electrons. The van der Waals surface area contributed by atoms with Gasteiger partial charge in [-0.1, -0.05) is 54.6 Å². The van der Waals surface area contributed by atoms with Crippen LogP contribution in [0, 0.1) is 0 Å². The Hall–Kier alpha value is -2.30. The average Bonchev–Trinajstić information content (AvgIpc) is 2.77. The maximum Gasteiger partial charge on any atom is 0.116 e. The van der Waals surface area contributed by atoms with E-state index < -0.39 is 48.3 Å². The van der Waals surface area contributed by atoms with Gasteiger partial charge in [0.05, 0.1) is 18.0 Å². The molecule has 33 heavy (non-hydrogen) atoms. The maximum absolute atomic E-state index is 11.3. The molecule has 1 aliphatic carbocycles. The van der Waals surface area contributed by atoms with E-state index in [0.717, 1.165) is 16.7 Å². The van der Waals surface area contributed by atoms with Crippen molar-refractivity contribution in [3.63, 3.8) is 0 Å². The minimum atomic E-state index is -1.95. The Morgan fingerprint density at radius 1 is 0.848 bits per heavy atom. The molecule has 0 aromatic heterocycles. The topological polar surface area (TPSA) is 151 Å². The van der Waals surface area contributed by atoms with Gasteiger partial charge < -0.3 is 40.5 Å². The summed E-state index contributed by atoms with van der Waals surface area (Å²) in [7, 11) is 0. The Kier molecular flexibility index (Phi) is 6.61. The van der Waals surface area contributed by atoms with E-state index >= 15 is 0 Å². The molecule has 0 spiro atoms. The number of aliphatic hydroxyl groups excluding tert-OH is 5. The van der Waals surface area contributed by atoms with Crippen LogP contribution in [0.15, 0.2) is 66.4 Å². The fourth-order valence-corrected chi connectivity index (χ4v) is 4.98. The number of rotatable bonds is 5. The smallest absolute Gasteiger partial charge is 0.116 e. The third kappa shape index (κ3) is 4.83. The van der Waals surface area contributed by atoms with Gasteiger partial charge in [-0.25, -0.2) is 0 Å². The van der Waals surface area contributed by atoms with Crippen LogP contribution in [-0.2, 0) is 11.2 Å². The van der Waals surface area contributed by atoms with Crippen LogP contribution in [0.2, 0.25) is 0 Å². The first kappa shape index (κ1) is 23.8. The second-order valence-electron chi connectivity index (χ2n) is 9.19. The van der Waals surface area contributed by atoms with Crippen molar-refractivity contribution in [2.24, 2.45) is 0 Å². The van der Waals surface area contributed by atoms with Crippen LogP contribution in [0.1, 0.15) is 18.4 Å². The zero-order valence-electron chi connectivity index (χ0n) is 18.0. The normalized spacial score (nSPS) is 36.9. The van der Waals surface area contributed by atoms with Gasteiger partial charge in [0, 0.05) is 19.3 Å². The SMILES string of the molecule is OC[C@H]1O[C@@H](C2(O)CC(O)=CC(O)(Cc3ccc(-c4ccccc4)cc3)C2)[C@H](O)[C@@H](O)[C@@H]1O. The van der Waals surface area contributed by atoms with E-state index in [4.69, 9.17) is 4.74 Å². The molecule has 1 saturated heterocycles. The first-order valence-corrected chi connectivity index (χ1v) is 10.9. The molecule has 4 rings (SSSR count). The minimum absolute atomic E-state index is 0.0753. The summed E-state index contributed by atoms with van der Waals surface area (Å²) in [5.41, 5.74) is -0.796. The standard InChI is InChI=1S/C25H30O8/c26-13-19-20(28)21(29)22(30)23(33-19)25(32)12-18(27)11-24(31,14-25)10-15-6-8-17(9-7-15)16-4-2-1-3-5-16/h1-9,11,19-23,26-32H,10,12-14H2/t19-,20-,21+,22-,23-,24?,25?/m1/s1. The van der Waals surface area contributed by atoms with Gasteiger partial charge >= 0.3 is 0 Å². The van der Waals surface area contributed by atoms with Crippen LogP contribution in [0.5, 0.6) is 0 Å². The fourth-order valence-electron chi connectivity index (χ4n) is 4.98. The zero-order chi connectivity index (χ0) is 23.8. The summed E-state index contributed by atoms with van der Waals surface area (Å²) in [6.45, 7) is -0.641. The van der Waals surface area contributed by atoms with Crippen molar-refractivity contribution in [3.8, 4) is 11.1 Å². The molecule has 8 nitrogen and oxygen atoms in total. The lowest BCUT2D eigenvalue weighted by Gasteiger charge is -2.50. The summed E-state index contributed by atoms with van der Waals surface area (Å²) in [5, 5.41) is 73.0. The number of hydrogen-bond acceptors (Lipinski definition) is 8. The quantitative estimate of drug-likeness (QED) is 0.341. The van der Waals surface area contributed by atoms with Gasteiger partial charge in [0.15, 0.2) is 0 Å². The third-order valence-corrected chi connectivity index (χ3v) is 6.53. The fraction of sp³-hybridized carbons (Fsp3) is 0.440. The Labute approximate surface area is 191 Å². The number of benzene rings is 2. The molecule has 2 aromatic carbocycles. The van der Waals surface area contributed by atoms with E-state index in [1.54, 1.807) is 0 Å². The highest BCUT2D eigenvalue weighted by Gasteiger charge is 2.56. The zero-order valence-corrected chi connectivity index (χ0v) is 18.0. The molecule has 0 amide bonds. The second-order valence-corrected chi connectivity index (χ2v) is 9.19. The maximum atomic E-state index is 11.3. The lowest BCUT2D eigenvalue weighted by molar-refractivity contribution is -0.277. The Morgan fingerprint density at radius 3 is 2.12 bits per heavy atom. The van der Waals surface area contributed by atoms with E-state index in [1.807, 2.05) is 54.6 Å². The summed E-state index contributed by atoms with van der Waals surface area (Å²) >= 11 is 0. The predicted molar refractivity (Wildman–Crippen MR) is 119 cm³/mol. The van der Waals surface area contributed by atoms with Gasteiger partial charge in [-0.15, -0.1) is 0 Å². The van der Waals surface area contributed by atoms with Gasteiger partial charge in [-0.05, 0) is 22.8 Å². The molecule has 8 heteroatoms. The highest BCUT2D eigenvalue weighted by Crippen LogP contribution is 2.42. The summed E-state index contributed by atoms with van der Waals surface area (Å²) in [6, 6.07) is 17.4. The van der Waals surface area contributed by atoms with E-state index in [-0.39, 0.29) is 25.0 Å².